The van der Waals surface area contributed by atoms with Crippen molar-refractivity contribution in [2.75, 3.05) is 13.1 Å². The van der Waals surface area contributed by atoms with Crippen LogP contribution in [0.15, 0.2) is 36.4 Å². The Kier molecular flexibility index (Phi) is 4.95. The predicted octanol–water partition coefficient (Wildman–Crippen LogP) is 3.60. The summed E-state index contributed by atoms with van der Waals surface area (Å²) in [6, 6.07) is 10.9. The van der Waals surface area contributed by atoms with Crippen molar-refractivity contribution in [3.63, 3.8) is 0 Å². The molecule has 1 aromatic rings. The summed E-state index contributed by atoms with van der Waals surface area (Å²) in [4.78, 5) is 8.31. The lowest BCUT2D eigenvalue weighted by molar-refractivity contribution is -0.0618. The van der Waals surface area contributed by atoms with E-state index in [2.05, 4.69) is 46.0 Å². The smallest absolute Gasteiger partial charge is 0.169 e. The third kappa shape index (κ3) is 3.82. The summed E-state index contributed by atoms with van der Waals surface area (Å²) in [6.45, 7) is 1.89. The SMILES string of the molecule is S=C(NC1CCCCC1)N1CCC2(C=C(c3ccccc3)NO2)CC1. The molecule has 5 heteroatoms. The molecule has 2 N–H and O–H groups in total. The monoisotopic (exact) mass is 357 g/mol. The fourth-order valence-electron chi connectivity index (χ4n) is 4.09. The molecule has 3 aliphatic rings. The van der Waals surface area contributed by atoms with E-state index in [1.54, 1.807) is 0 Å². The number of nitrogens with zero attached hydrogens (tertiary/aromatic N) is 1. The van der Waals surface area contributed by atoms with Crippen molar-refractivity contribution in [1.82, 2.24) is 15.7 Å². The van der Waals surface area contributed by atoms with Gasteiger partial charge in [-0.1, -0.05) is 49.6 Å². The van der Waals surface area contributed by atoms with Crippen LogP contribution in [-0.2, 0) is 4.84 Å². The van der Waals surface area contributed by atoms with Crippen molar-refractivity contribution in [1.29, 1.82) is 0 Å². The molecule has 4 rings (SSSR count). The number of hydroxylamine groups is 1. The molecule has 2 aliphatic heterocycles. The highest BCUT2D eigenvalue weighted by Gasteiger charge is 2.39. The molecule has 1 saturated carbocycles. The average Bonchev–Trinajstić information content (AvgIpc) is 3.07. The summed E-state index contributed by atoms with van der Waals surface area (Å²) in [5.41, 5.74) is 5.20. The largest absolute Gasteiger partial charge is 0.360 e. The molecule has 0 amide bonds. The molecule has 2 heterocycles. The minimum Gasteiger partial charge on any atom is -0.360 e. The van der Waals surface area contributed by atoms with E-state index in [-0.39, 0.29) is 5.60 Å². The number of thiocarbonyl (C=S) groups is 1. The second-order valence-electron chi connectivity index (χ2n) is 7.46. The van der Waals surface area contributed by atoms with E-state index in [1.165, 1.54) is 37.7 Å². The van der Waals surface area contributed by atoms with Crippen molar-refractivity contribution in [2.24, 2.45) is 0 Å². The minimum atomic E-state index is -0.192. The number of nitrogens with one attached hydrogen (secondary N) is 2. The molecular weight excluding hydrogens is 330 g/mol. The van der Waals surface area contributed by atoms with Crippen LogP contribution in [0.3, 0.4) is 0 Å². The first-order chi connectivity index (χ1) is 12.2. The van der Waals surface area contributed by atoms with E-state index >= 15 is 0 Å². The number of hydrogen-bond donors (Lipinski definition) is 2. The Hall–Kier alpha value is -1.59. The van der Waals surface area contributed by atoms with Gasteiger partial charge in [0.25, 0.3) is 0 Å². The molecular formula is C20H27N3OS. The number of hydrogen-bond acceptors (Lipinski definition) is 3. The molecule has 2 fully saturated rings. The van der Waals surface area contributed by atoms with E-state index in [0.29, 0.717) is 6.04 Å². The van der Waals surface area contributed by atoms with Crippen LogP contribution >= 0.6 is 12.2 Å². The van der Waals surface area contributed by atoms with Gasteiger partial charge in [0.1, 0.15) is 5.60 Å². The van der Waals surface area contributed by atoms with E-state index < -0.39 is 0 Å². The molecule has 1 spiro atoms. The van der Waals surface area contributed by atoms with Crippen LogP contribution in [0.5, 0.6) is 0 Å². The third-order valence-electron chi connectivity index (χ3n) is 5.69. The quantitative estimate of drug-likeness (QED) is 0.791. The van der Waals surface area contributed by atoms with Gasteiger partial charge >= 0.3 is 0 Å². The lowest BCUT2D eigenvalue weighted by Crippen LogP contribution is -2.51. The molecule has 0 atom stereocenters. The van der Waals surface area contributed by atoms with Gasteiger partial charge in [-0.15, -0.1) is 0 Å². The third-order valence-corrected chi connectivity index (χ3v) is 6.06. The molecule has 4 nitrogen and oxygen atoms in total. The van der Waals surface area contributed by atoms with E-state index in [1.807, 2.05) is 6.07 Å². The molecule has 0 radical (unpaired) electrons. The first kappa shape index (κ1) is 16.9. The first-order valence-electron chi connectivity index (χ1n) is 9.52. The van der Waals surface area contributed by atoms with E-state index in [4.69, 9.17) is 17.1 Å². The van der Waals surface area contributed by atoms with Crippen molar-refractivity contribution < 1.29 is 4.84 Å². The van der Waals surface area contributed by atoms with Crippen LogP contribution in [0.4, 0.5) is 0 Å². The lowest BCUT2D eigenvalue weighted by atomic mass is 9.90. The van der Waals surface area contributed by atoms with Crippen molar-refractivity contribution in [3.05, 3.63) is 42.0 Å². The van der Waals surface area contributed by atoms with Crippen molar-refractivity contribution >= 4 is 23.0 Å². The highest BCUT2D eigenvalue weighted by atomic mass is 32.1. The van der Waals surface area contributed by atoms with Gasteiger partial charge in [-0.2, -0.15) is 0 Å². The van der Waals surface area contributed by atoms with Gasteiger partial charge in [0.15, 0.2) is 5.11 Å². The summed E-state index contributed by atoms with van der Waals surface area (Å²) < 4.78 is 0. The Morgan fingerprint density at radius 2 is 1.84 bits per heavy atom. The average molecular weight is 358 g/mol. The minimum absolute atomic E-state index is 0.192. The number of piperidine rings is 1. The summed E-state index contributed by atoms with van der Waals surface area (Å²) in [7, 11) is 0. The van der Waals surface area contributed by atoms with Crippen LogP contribution in [0.1, 0.15) is 50.5 Å². The van der Waals surface area contributed by atoms with Gasteiger partial charge in [0.05, 0.1) is 5.70 Å². The van der Waals surface area contributed by atoms with Crippen molar-refractivity contribution in [2.45, 2.75) is 56.6 Å². The Labute approximate surface area is 155 Å². The van der Waals surface area contributed by atoms with Gasteiger partial charge in [0, 0.05) is 32.0 Å². The Bertz CT molecular complexity index is 632. The van der Waals surface area contributed by atoms with Crippen LogP contribution in [0.2, 0.25) is 0 Å². The van der Waals surface area contributed by atoms with Gasteiger partial charge < -0.3 is 10.2 Å². The van der Waals surface area contributed by atoms with Gasteiger partial charge in [-0.05, 0) is 36.7 Å². The summed E-state index contributed by atoms with van der Waals surface area (Å²) >= 11 is 5.66. The van der Waals surface area contributed by atoms with Gasteiger partial charge in [-0.3, -0.25) is 10.3 Å². The fraction of sp³-hybridized carbons (Fsp3) is 0.550. The standard InChI is InChI=1S/C20H27N3OS/c25-19(21-17-9-5-2-6-10-17)23-13-11-20(12-14-23)15-18(22-24-20)16-7-3-1-4-8-16/h1,3-4,7-8,15,17,22H,2,5-6,9-14H2,(H,21,25). The number of rotatable bonds is 2. The predicted molar refractivity (Wildman–Crippen MR) is 105 cm³/mol. The van der Waals surface area contributed by atoms with E-state index in [0.717, 1.165) is 36.7 Å². The maximum Gasteiger partial charge on any atom is 0.169 e. The fourth-order valence-corrected chi connectivity index (χ4v) is 4.44. The van der Waals surface area contributed by atoms with Crippen LogP contribution in [0, 0.1) is 0 Å². The van der Waals surface area contributed by atoms with Gasteiger partial charge in [0.2, 0.25) is 0 Å². The molecule has 0 bridgehead atoms. The van der Waals surface area contributed by atoms with Crippen LogP contribution in [-0.4, -0.2) is 34.7 Å². The lowest BCUT2D eigenvalue weighted by Gasteiger charge is -2.39. The molecule has 134 valence electrons. The number of benzene rings is 1. The van der Waals surface area contributed by atoms with Crippen LogP contribution < -0.4 is 10.8 Å². The first-order valence-corrected chi connectivity index (χ1v) is 9.93. The topological polar surface area (TPSA) is 36.5 Å². The second kappa shape index (κ2) is 7.34. The molecule has 1 aliphatic carbocycles. The summed E-state index contributed by atoms with van der Waals surface area (Å²) in [5, 5.41) is 4.52. The highest BCUT2D eigenvalue weighted by molar-refractivity contribution is 7.80. The second-order valence-corrected chi connectivity index (χ2v) is 7.85. The molecule has 0 aromatic heterocycles. The highest BCUT2D eigenvalue weighted by Crippen LogP contribution is 2.34. The van der Waals surface area contributed by atoms with Crippen LogP contribution in [0.25, 0.3) is 5.70 Å². The zero-order chi connectivity index (χ0) is 17.1. The summed E-state index contributed by atoms with van der Waals surface area (Å²) in [6.07, 6.45) is 10.7. The zero-order valence-electron chi connectivity index (χ0n) is 14.7. The molecule has 0 unspecified atom stereocenters. The Balaban J connectivity index is 1.33. The Morgan fingerprint density at radius 1 is 1.12 bits per heavy atom. The van der Waals surface area contributed by atoms with Gasteiger partial charge in [-0.25, -0.2) is 0 Å². The molecule has 25 heavy (non-hydrogen) atoms. The zero-order valence-corrected chi connectivity index (χ0v) is 15.5. The maximum atomic E-state index is 5.99. The number of likely N-dealkylation sites (tertiary alicyclic amines) is 1. The molecule has 1 aromatic carbocycles. The van der Waals surface area contributed by atoms with Crippen molar-refractivity contribution in [3.8, 4) is 0 Å². The maximum absolute atomic E-state index is 5.99. The normalized spacial score (nSPS) is 23.2. The molecule has 1 saturated heterocycles. The van der Waals surface area contributed by atoms with E-state index in [9.17, 15) is 0 Å². The Morgan fingerprint density at radius 3 is 2.56 bits per heavy atom. The summed E-state index contributed by atoms with van der Waals surface area (Å²) in [5.74, 6) is 0.